The van der Waals surface area contributed by atoms with Crippen molar-refractivity contribution in [2.45, 2.75) is 26.6 Å². The zero-order chi connectivity index (χ0) is 6.99. The van der Waals surface area contributed by atoms with E-state index in [4.69, 9.17) is 0 Å². The molecule has 0 heterocycles. The molecule has 0 aliphatic heterocycles. The first-order valence-electron chi connectivity index (χ1n) is 2.70. The standard InChI is InChI=1S/C5H9O.CH3B.2CH3.V.W/c1-3-5(6)4-2;1-2;;;;/h1,3-4H2,2H3;1H3;2*1H3;;/q-1;;2*-1;;+2. The molecule has 12 heavy (non-hydrogen) atoms. The summed E-state index contributed by atoms with van der Waals surface area (Å²) in [6.07, 6.45) is 1.07. The zero-order valence-corrected chi connectivity index (χ0v) is 12.8. The summed E-state index contributed by atoms with van der Waals surface area (Å²) in [6.45, 7) is 6.75. The topological polar surface area (TPSA) is 17.1 Å². The molecule has 71 valence electrons. The second kappa shape index (κ2) is 40.3. The minimum atomic E-state index is 0. The minimum Gasteiger partial charge on any atom is -0.358 e. The van der Waals surface area contributed by atoms with Gasteiger partial charge in [0.1, 0.15) is 5.78 Å². The molecule has 0 N–H and O–H groups in total. The quantitative estimate of drug-likeness (QED) is 0.534. The van der Waals surface area contributed by atoms with Crippen molar-refractivity contribution in [1.82, 2.24) is 0 Å². The molecule has 0 atom stereocenters. The fourth-order valence-corrected chi connectivity index (χ4v) is 0.177. The maximum absolute atomic E-state index is 10.1. The predicted molar refractivity (Wildman–Crippen MR) is 49.7 cm³/mol. The van der Waals surface area contributed by atoms with Gasteiger partial charge >= 0.3 is 21.1 Å². The summed E-state index contributed by atoms with van der Waals surface area (Å²) < 4.78 is 0. The molecule has 0 aromatic rings. The Morgan fingerprint density at radius 2 is 1.58 bits per heavy atom. The Balaban J connectivity index is -0.0000000140. The van der Waals surface area contributed by atoms with Crippen LogP contribution in [0.5, 0.6) is 0 Å². The first-order chi connectivity index (χ1) is 3.81. The number of carbonyl (C=O) groups excluding carboxylic acids is 1. The average Bonchev–Trinajstić information content (AvgIpc) is 1.91. The van der Waals surface area contributed by atoms with Gasteiger partial charge in [0.25, 0.3) is 0 Å². The Kier molecular flexibility index (Phi) is 128. The summed E-state index contributed by atoms with van der Waals surface area (Å²) >= 11 is 0. The van der Waals surface area contributed by atoms with E-state index in [0.29, 0.717) is 12.8 Å². The number of ketones is 1. The van der Waals surface area contributed by atoms with Gasteiger partial charge < -0.3 is 26.6 Å². The number of rotatable bonds is 2. The van der Waals surface area contributed by atoms with Crippen LogP contribution in [0.15, 0.2) is 0 Å². The molecule has 0 aromatic carbocycles. The van der Waals surface area contributed by atoms with Crippen molar-refractivity contribution in [2.24, 2.45) is 0 Å². The Labute approximate surface area is 106 Å². The largest absolute Gasteiger partial charge is 2.00 e. The molecule has 3 radical (unpaired) electrons. The Morgan fingerprint density at radius 1 is 1.33 bits per heavy atom. The van der Waals surface area contributed by atoms with Crippen LogP contribution in [0.2, 0.25) is 6.82 Å². The molecule has 0 saturated heterocycles. The van der Waals surface area contributed by atoms with Gasteiger partial charge in [-0.3, -0.25) is 0 Å². The molecule has 4 heteroatoms. The van der Waals surface area contributed by atoms with Gasteiger partial charge in [0.2, 0.25) is 0 Å². The predicted octanol–water partition coefficient (Wildman–Crippen LogP) is 2.29. The smallest absolute Gasteiger partial charge is 0.358 e. The van der Waals surface area contributed by atoms with E-state index >= 15 is 0 Å². The zero-order valence-electron chi connectivity index (χ0n) is 8.46. The average molecular weight is 376 g/mol. The van der Waals surface area contributed by atoms with Gasteiger partial charge in [0, 0.05) is 25.0 Å². The van der Waals surface area contributed by atoms with E-state index in [1.165, 1.54) is 6.82 Å². The summed E-state index contributed by atoms with van der Waals surface area (Å²) in [6, 6.07) is 0. The third kappa shape index (κ3) is 44.0. The van der Waals surface area contributed by atoms with Crippen LogP contribution >= 0.6 is 0 Å². The van der Waals surface area contributed by atoms with Gasteiger partial charge in [0.15, 0.2) is 0 Å². The third-order valence-electron chi connectivity index (χ3n) is 0.673. The normalized spacial score (nSPS) is 4.58. The number of hydrogen-bond acceptors (Lipinski definition) is 1. The van der Waals surface area contributed by atoms with Gasteiger partial charge in [-0.15, -0.1) is 6.42 Å². The fraction of sp³-hybridized carbons (Fsp3) is 0.500. The summed E-state index contributed by atoms with van der Waals surface area (Å²) in [5.41, 5.74) is 0. The summed E-state index contributed by atoms with van der Waals surface area (Å²) in [5, 5.41) is 0. The van der Waals surface area contributed by atoms with E-state index in [1.54, 1.807) is 0 Å². The van der Waals surface area contributed by atoms with Crippen LogP contribution in [0, 0.1) is 21.8 Å². The van der Waals surface area contributed by atoms with Crippen LogP contribution in [-0.4, -0.2) is 13.6 Å². The molecular weight excluding hydrogens is 358 g/mol. The van der Waals surface area contributed by atoms with Crippen LogP contribution in [0.25, 0.3) is 0 Å². The molecule has 0 unspecified atom stereocenters. The molecular formula is C8H18BOVW-. The van der Waals surface area contributed by atoms with E-state index in [2.05, 4.69) is 14.8 Å². The van der Waals surface area contributed by atoms with Crippen LogP contribution in [-0.2, 0) is 44.4 Å². The summed E-state index contributed by atoms with van der Waals surface area (Å²) in [5.74, 6) is 0.231. The molecule has 0 bridgehead atoms. The molecule has 1 nitrogen and oxygen atoms in total. The first kappa shape index (κ1) is 38.2. The van der Waals surface area contributed by atoms with Gasteiger partial charge in [-0.1, -0.05) is 13.7 Å². The van der Waals surface area contributed by atoms with E-state index in [-0.39, 0.29) is 60.3 Å². The van der Waals surface area contributed by atoms with Crippen molar-refractivity contribution < 1.29 is 44.4 Å². The first-order valence-corrected chi connectivity index (χ1v) is 2.70. The SMILES string of the molecule is [B]C.[CH2-]CC(=O)CC.[CH3-].[CH3-].[V].[W+2]. The summed E-state index contributed by atoms with van der Waals surface area (Å²) in [4.78, 5) is 10.1. The van der Waals surface area contributed by atoms with Crippen molar-refractivity contribution in [3.05, 3.63) is 21.8 Å². The van der Waals surface area contributed by atoms with Crippen LogP contribution in [0.1, 0.15) is 19.8 Å². The van der Waals surface area contributed by atoms with E-state index < -0.39 is 0 Å². The second-order valence-electron chi connectivity index (χ2n) is 1.14. The Hall–Kier alpha value is 1.01. The second-order valence-corrected chi connectivity index (χ2v) is 1.14. The van der Waals surface area contributed by atoms with Gasteiger partial charge in [-0.25, -0.2) is 0 Å². The van der Waals surface area contributed by atoms with Crippen LogP contribution < -0.4 is 0 Å². The Bertz CT molecular complexity index is 57.0. The Morgan fingerprint density at radius 3 is 1.58 bits per heavy atom. The van der Waals surface area contributed by atoms with Gasteiger partial charge in [0.05, 0.1) is 7.85 Å². The van der Waals surface area contributed by atoms with Crippen LogP contribution in [0.3, 0.4) is 0 Å². The van der Waals surface area contributed by atoms with Crippen molar-refractivity contribution in [3.63, 3.8) is 0 Å². The third-order valence-corrected chi connectivity index (χ3v) is 0.673. The van der Waals surface area contributed by atoms with E-state index in [9.17, 15) is 4.79 Å². The summed E-state index contributed by atoms with van der Waals surface area (Å²) in [7, 11) is 4.50. The maximum Gasteiger partial charge on any atom is 2.00 e. The number of hydrogen-bond donors (Lipinski definition) is 0. The minimum absolute atomic E-state index is 0. The van der Waals surface area contributed by atoms with Crippen LogP contribution in [0.4, 0.5) is 0 Å². The van der Waals surface area contributed by atoms with Gasteiger partial charge in [-0.2, -0.15) is 0 Å². The molecule has 0 saturated carbocycles. The van der Waals surface area contributed by atoms with Gasteiger partial charge in [-0.05, 0) is 0 Å². The van der Waals surface area contributed by atoms with Crippen molar-refractivity contribution in [2.75, 3.05) is 0 Å². The molecule has 0 aliphatic rings. The number of Topliss-reactive ketones (excluding diaryl/α,β-unsaturated/α-hetero) is 1. The van der Waals surface area contributed by atoms with Crippen molar-refractivity contribution in [3.8, 4) is 0 Å². The molecule has 0 amide bonds. The molecule has 0 fully saturated rings. The molecule has 0 aromatic heterocycles. The van der Waals surface area contributed by atoms with Crippen molar-refractivity contribution in [1.29, 1.82) is 0 Å². The number of carbonyl (C=O) groups is 1. The fourth-order valence-electron chi connectivity index (χ4n) is 0.177. The molecule has 0 rings (SSSR count). The maximum atomic E-state index is 10.1. The van der Waals surface area contributed by atoms with E-state index in [0.717, 1.165) is 0 Å². The van der Waals surface area contributed by atoms with E-state index in [1.807, 2.05) is 6.92 Å². The monoisotopic (exact) mass is 376 g/mol. The van der Waals surface area contributed by atoms with Crippen molar-refractivity contribution >= 4 is 13.6 Å². The molecule has 0 aliphatic carbocycles. The molecule has 0 spiro atoms.